The summed E-state index contributed by atoms with van der Waals surface area (Å²) < 4.78 is 5.98. The van der Waals surface area contributed by atoms with Crippen molar-refractivity contribution in [2.45, 2.75) is 26.4 Å². The van der Waals surface area contributed by atoms with E-state index in [1.807, 2.05) is 65.6 Å². The van der Waals surface area contributed by atoms with Crippen LogP contribution >= 0.6 is 0 Å². The maximum absolute atomic E-state index is 12.1. The third-order valence-corrected chi connectivity index (χ3v) is 5.00. The van der Waals surface area contributed by atoms with Crippen molar-refractivity contribution in [1.82, 2.24) is 0 Å². The van der Waals surface area contributed by atoms with Gasteiger partial charge in [0.25, 0.3) is 0 Å². The number of para-hydroxylation sites is 3. The molecule has 3 aromatic rings. The molecule has 142 valence electrons. The molecule has 0 saturated heterocycles. The van der Waals surface area contributed by atoms with E-state index in [1.165, 1.54) is 5.56 Å². The van der Waals surface area contributed by atoms with Crippen LogP contribution in [0.3, 0.4) is 0 Å². The molecule has 0 spiro atoms. The van der Waals surface area contributed by atoms with Crippen LogP contribution in [0.1, 0.15) is 19.4 Å². The fraction of sp³-hybridized carbons (Fsp3) is 0.208. The number of carbonyl (C=O) groups is 1. The number of hydrogen-bond acceptors (Lipinski definition) is 3. The lowest BCUT2D eigenvalue weighted by Crippen LogP contribution is -2.49. The molecule has 4 nitrogen and oxygen atoms in total. The molecule has 1 amide bonds. The molecule has 28 heavy (non-hydrogen) atoms. The zero-order chi connectivity index (χ0) is 19.5. The second-order valence-corrected chi connectivity index (χ2v) is 7.17. The lowest BCUT2D eigenvalue weighted by Gasteiger charge is -2.41. The van der Waals surface area contributed by atoms with Gasteiger partial charge >= 0.3 is 0 Å². The summed E-state index contributed by atoms with van der Waals surface area (Å²) in [5, 5.41) is 0. The lowest BCUT2D eigenvalue weighted by atomic mass is 10.1. The third-order valence-electron chi connectivity index (χ3n) is 5.00. The van der Waals surface area contributed by atoms with Gasteiger partial charge in [0, 0.05) is 20.0 Å². The lowest BCUT2D eigenvalue weighted by molar-refractivity contribution is -0.117. The van der Waals surface area contributed by atoms with Crippen molar-refractivity contribution in [2.24, 2.45) is 0 Å². The van der Waals surface area contributed by atoms with Gasteiger partial charge < -0.3 is 14.5 Å². The Labute approximate surface area is 166 Å². The highest BCUT2D eigenvalue weighted by Crippen LogP contribution is 2.36. The van der Waals surface area contributed by atoms with Crippen molar-refractivity contribution >= 4 is 17.3 Å². The van der Waals surface area contributed by atoms with Gasteiger partial charge in [0.15, 0.2) is 0 Å². The van der Waals surface area contributed by atoms with E-state index in [9.17, 15) is 4.79 Å². The third kappa shape index (κ3) is 3.72. The topological polar surface area (TPSA) is 32.8 Å². The molecule has 0 saturated carbocycles. The molecule has 0 bridgehead atoms. The number of rotatable bonds is 4. The normalized spacial score (nSPS) is 15.9. The second-order valence-electron chi connectivity index (χ2n) is 7.17. The molecule has 1 atom stereocenters. The predicted molar refractivity (Wildman–Crippen MR) is 113 cm³/mol. The summed E-state index contributed by atoms with van der Waals surface area (Å²) in [4.78, 5) is 16.4. The van der Waals surface area contributed by atoms with Crippen molar-refractivity contribution in [3.8, 4) is 11.5 Å². The molecule has 4 rings (SSSR count). The largest absolute Gasteiger partial charge is 0.457 e. The minimum Gasteiger partial charge on any atom is -0.457 e. The zero-order valence-electron chi connectivity index (χ0n) is 16.2. The van der Waals surface area contributed by atoms with E-state index in [0.717, 1.165) is 36.0 Å². The first kappa shape index (κ1) is 18.1. The fourth-order valence-corrected chi connectivity index (χ4v) is 3.85. The second kappa shape index (κ2) is 7.77. The molecule has 4 heteroatoms. The average Bonchev–Trinajstić information content (AvgIpc) is 2.69. The van der Waals surface area contributed by atoms with Crippen LogP contribution in [0.25, 0.3) is 0 Å². The van der Waals surface area contributed by atoms with E-state index < -0.39 is 0 Å². The van der Waals surface area contributed by atoms with Gasteiger partial charge in [-0.2, -0.15) is 0 Å². The Morgan fingerprint density at radius 2 is 1.61 bits per heavy atom. The number of fused-ring (bicyclic) bond motifs is 1. The van der Waals surface area contributed by atoms with Gasteiger partial charge in [-0.25, -0.2) is 0 Å². The molecule has 0 radical (unpaired) electrons. The van der Waals surface area contributed by atoms with Gasteiger partial charge in [-0.05, 0) is 48.9 Å². The molecule has 0 fully saturated rings. The van der Waals surface area contributed by atoms with Crippen LogP contribution in [0.15, 0.2) is 78.9 Å². The summed E-state index contributed by atoms with van der Waals surface area (Å²) in [7, 11) is 0. The summed E-state index contributed by atoms with van der Waals surface area (Å²) in [5.41, 5.74) is 3.24. The minimum atomic E-state index is 0.0814. The maximum Gasteiger partial charge on any atom is 0.224 e. The Morgan fingerprint density at radius 3 is 2.36 bits per heavy atom. The SMILES string of the molecule is CC(=O)N1c2ccccc2N(Cc2cccc(Oc3ccccc3)c2)CC1C. The quantitative estimate of drug-likeness (QED) is 0.628. The molecule has 1 heterocycles. The summed E-state index contributed by atoms with van der Waals surface area (Å²) >= 11 is 0. The van der Waals surface area contributed by atoms with E-state index in [4.69, 9.17) is 4.74 Å². The molecule has 3 aromatic carbocycles. The molecular weight excluding hydrogens is 348 g/mol. The van der Waals surface area contributed by atoms with Crippen LogP contribution in [0.5, 0.6) is 11.5 Å². The van der Waals surface area contributed by atoms with Crippen molar-refractivity contribution in [1.29, 1.82) is 0 Å². The highest BCUT2D eigenvalue weighted by Gasteiger charge is 2.30. The Balaban J connectivity index is 1.58. The van der Waals surface area contributed by atoms with Crippen LogP contribution in [-0.2, 0) is 11.3 Å². The first-order valence-corrected chi connectivity index (χ1v) is 9.57. The van der Waals surface area contributed by atoms with E-state index in [2.05, 4.69) is 30.0 Å². The number of benzene rings is 3. The van der Waals surface area contributed by atoms with Gasteiger partial charge in [-0.3, -0.25) is 4.79 Å². The standard InChI is InChI=1S/C24H24N2O2/c1-18-16-25(23-13-6-7-14-24(23)26(18)19(2)27)17-20-9-8-12-22(15-20)28-21-10-4-3-5-11-21/h3-15,18H,16-17H2,1-2H3. The van der Waals surface area contributed by atoms with E-state index in [1.54, 1.807) is 6.92 Å². The summed E-state index contributed by atoms with van der Waals surface area (Å²) in [6.45, 7) is 5.28. The van der Waals surface area contributed by atoms with Crippen LogP contribution in [0, 0.1) is 0 Å². The molecule has 0 aliphatic carbocycles. The van der Waals surface area contributed by atoms with Gasteiger partial charge in [-0.15, -0.1) is 0 Å². The highest BCUT2D eigenvalue weighted by atomic mass is 16.5. The molecule has 0 N–H and O–H groups in total. The number of amides is 1. The maximum atomic E-state index is 12.1. The minimum absolute atomic E-state index is 0.0814. The smallest absolute Gasteiger partial charge is 0.224 e. The van der Waals surface area contributed by atoms with E-state index >= 15 is 0 Å². The Bertz CT molecular complexity index is 971. The Morgan fingerprint density at radius 1 is 0.929 bits per heavy atom. The molecule has 1 unspecified atom stereocenters. The van der Waals surface area contributed by atoms with Crippen molar-refractivity contribution in [3.63, 3.8) is 0 Å². The average molecular weight is 372 g/mol. The van der Waals surface area contributed by atoms with Crippen molar-refractivity contribution in [3.05, 3.63) is 84.4 Å². The number of hydrogen-bond donors (Lipinski definition) is 0. The predicted octanol–water partition coefficient (Wildman–Crippen LogP) is 5.24. The van der Waals surface area contributed by atoms with E-state index in [-0.39, 0.29) is 11.9 Å². The van der Waals surface area contributed by atoms with Gasteiger partial charge in [-0.1, -0.05) is 42.5 Å². The van der Waals surface area contributed by atoms with Gasteiger partial charge in [0.1, 0.15) is 11.5 Å². The van der Waals surface area contributed by atoms with E-state index in [0.29, 0.717) is 0 Å². The molecular formula is C24H24N2O2. The van der Waals surface area contributed by atoms with Gasteiger partial charge in [0.05, 0.1) is 17.4 Å². The fourth-order valence-electron chi connectivity index (χ4n) is 3.85. The first-order chi connectivity index (χ1) is 13.6. The van der Waals surface area contributed by atoms with Crippen LogP contribution in [0.4, 0.5) is 11.4 Å². The van der Waals surface area contributed by atoms with Crippen molar-refractivity contribution in [2.75, 3.05) is 16.3 Å². The summed E-state index contributed by atoms with van der Waals surface area (Å²) in [5.74, 6) is 1.74. The van der Waals surface area contributed by atoms with Crippen LogP contribution in [0.2, 0.25) is 0 Å². The summed E-state index contributed by atoms with van der Waals surface area (Å²) in [6, 6.07) is 26.2. The molecule has 0 aromatic heterocycles. The summed E-state index contributed by atoms with van der Waals surface area (Å²) in [6.07, 6.45) is 0. The highest BCUT2D eigenvalue weighted by molar-refractivity contribution is 5.97. The Kier molecular flexibility index (Phi) is 5.02. The van der Waals surface area contributed by atoms with Crippen molar-refractivity contribution < 1.29 is 9.53 Å². The van der Waals surface area contributed by atoms with Gasteiger partial charge in [0.2, 0.25) is 5.91 Å². The number of carbonyl (C=O) groups excluding carboxylic acids is 1. The first-order valence-electron chi connectivity index (χ1n) is 9.57. The number of anilines is 2. The van der Waals surface area contributed by atoms with Crippen LogP contribution < -0.4 is 14.5 Å². The van der Waals surface area contributed by atoms with Crippen LogP contribution in [-0.4, -0.2) is 18.5 Å². The molecule has 1 aliphatic heterocycles. The number of ether oxygens (including phenoxy) is 1. The monoisotopic (exact) mass is 372 g/mol. The number of nitrogens with zero attached hydrogens (tertiary/aromatic N) is 2. The Hall–Kier alpha value is -3.27. The zero-order valence-corrected chi connectivity index (χ0v) is 16.2. The molecule has 1 aliphatic rings.